The van der Waals surface area contributed by atoms with Crippen LogP contribution in [0.1, 0.15) is 219 Å². The summed E-state index contributed by atoms with van der Waals surface area (Å²) in [5, 5.41) is 11.7. The van der Waals surface area contributed by atoms with Crippen molar-refractivity contribution in [3.63, 3.8) is 0 Å². The van der Waals surface area contributed by atoms with Crippen LogP contribution in [0.15, 0.2) is 85.1 Å². The highest BCUT2D eigenvalue weighted by Crippen LogP contribution is 2.15. The summed E-state index contributed by atoms with van der Waals surface area (Å²) in [7, 11) is 5.41. The van der Waals surface area contributed by atoms with Gasteiger partial charge in [0.2, 0.25) is 0 Å². The van der Waals surface area contributed by atoms with E-state index in [0.717, 1.165) is 89.9 Å². The standard InChI is InChI=1S/C59H101NO7/c1-6-8-10-12-14-16-18-20-22-24-26-28-30-31-33-35-37-39-41-43-45-47-49-57(61)66-54-55(53-65-52-51-56(59(63)64)60(3,4)5)67-58(62)50-48-46-44-42-40-38-36-34-32-29-27-25-23-21-19-17-15-13-11-9-7-2/h8-11,14-17,20-23,26,28,55-56H,6-7,12-13,18-19,24-25,27,29-54H2,1-5H3/b10-8+,11-9+,16-14+,17-15+,22-20+,23-21+,28-26+. The number of carboxylic acids is 1. The number of allylic oxidation sites excluding steroid dienone is 14. The van der Waals surface area contributed by atoms with Crippen LogP contribution >= 0.6 is 0 Å². The van der Waals surface area contributed by atoms with E-state index in [1.54, 1.807) is 21.1 Å². The second-order valence-electron chi connectivity index (χ2n) is 19.1. The number of aliphatic carboxylic acids is 1. The normalized spacial score (nSPS) is 13.5. The Morgan fingerprint density at radius 3 is 1.16 bits per heavy atom. The lowest BCUT2D eigenvalue weighted by atomic mass is 10.0. The molecule has 0 aromatic carbocycles. The van der Waals surface area contributed by atoms with Crippen molar-refractivity contribution in [3.8, 4) is 0 Å². The Kier molecular flexibility index (Phi) is 46.4. The lowest BCUT2D eigenvalue weighted by molar-refractivity contribution is -0.889. The first-order valence-electron chi connectivity index (χ1n) is 27.1. The molecule has 0 aromatic heterocycles. The fraction of sp³-hybridized carbons (Fsp3) is 0.712. The first-order valence-corrected chi connectivity index (χ1v) is 27.1. The topological polar surface area (TPSA) is 102 Å². The van der Waals surface area contributed by atoms with Crippen LogP contribution in [0, 0.1) is 0 Å². The Balaban J connectivity index is 4.22. The first-order chi connectivity index (χ1) is 32.6. The predicted octanol–water partition coefficient (Wildman–Crippen LogP) is 14.7. The molecule has 0 aliphatic heterocycles. The SMILES string of the molecule is CC/C=C/C/C=C/C/C=C/C/C=C/CCCCCCCCCCCC(=O)OCC(COCCC(C(=O)[O-])[N+](C)(C)C)OC(=O)CCCCCCCCCCCCC/C=C/C/C=C/C/C=C/CC. The molecule has 0 spiro atoms. The number of nitrogens with zero attached hydrogens (tertiary/aromatic N) is 1. The maximum atomic E-state index is 12.8. The zero-order chi connectivity index (χ0) is 49.2. The van der Waals surface area contributed by atoms with E-state index in [0.29, 0.717) is 12.8 Å². The fourth-order valence-electron chi connectivity index (χ4n) is 7.67. The van der Waals surface area contributed by atoms with Crippen LogP contribution in [0.4, 0.5) is 0 Å². The molecular formula is C59H101NO7. The summed E-state index contributed by atoms with van der Waals surface area (Å²) in [5.74, 6) is -1.75. The Morgan fingerprint density at radius 2 is 0.791 bits per heavy atom. The van der Waals surface area contributed by atoms with Gasteiger partial charge in [-0.2, -0.15) is 0 Å². The molecule has 2 unspecified atom stereocenters. The van der Waals surface area contributed by atoms with Crippen molar-refractivity contribution in [2.45, 2.75) is 231 Å². The van der Waals surface area contributed by atoms with Gasteiger partial charge in [-0.05, 0) is 83.5 Å². The molecule has 67 heavy (non-hydrogen) atoms. The molecule has 0 bridgehead atoms. The second kappa shape index (κ2) is 48.9. The summed E-state index contributed by atoms with van der Waals surface area (Å²) >= 11 is 0. The minimum absolute atomic E-state index is 0.0346. The number of rotatable bonds is 48. The second-order valence-corrected chi connectivity index (χ2v) is 19.1. The molecule has 0 aromatic rings. The number of carbonyl (C=O) groups excluding carboxylic acids is 3. The number of hydrogen-bond acceptors (Lipinski definition) is 7. The first kappa shape index (κ1) is 63.5. The third kappa shape index (κ3) is 47.4. The summed E-state index contributed by atoms with van der Waals surface area (Å²) in [6.45, 7) is 4.45. The Labute approximate surface area is 412 Å². The Hall–Kier alpha value is -3.49. The highest BCUT2D eigenvalue weighted by Gasteiger charge is 2.25. The Bertz CT molecular complexity index is 1370. The van der Waals surface area contributed by atoms with Gasteiger partial charge >= 0.3 is 11.9 Å². The van der Waals surface area contributed by atoms with Crippen molar-refractivity contribution in [1.29, 1.82) is 0 Å². The molecule has 0 rings (SSSR count). The number of hydrogen-bond donors (Lipinski definition) is 0. The predicted molar refractivity (Wildman–Crippen MR) is 282 cm³/mol. The van der Waals surface area contributed by atoms with E-state index in [9.17, 15) is 19.5 Å². The van der Waals surface area contributed by atoms with Gasteiger partial charge in [-0.25, -0.2) is 0 Å². The van der Waals surface area contributed by atoms with Crippen molar-refractivity contribution in [2.24, 2.45) is 0 Å². The lowest BCUT2D eigenvalue weighted by Crippen LogP contribution is -2.55. The number of carboxylic acid groups (broad SMARTS) is 1. The number of carbonyl (C=O) groups is 3. The van der Waals surface area contributed by atoms with Crippen LogP contribution < -0.4 is 5.11 Å². The highest BCUT2D eigenvalue weighted by atomic mass is 16.6. The summed E-state index contributed by atoms with van der Waals surface area (Å²) in [5.41, 5.74) is 0. The van der Waals surface area contributed by atoms with Gasteiger partial charge in [0.05, 0.1) is 40.3 Å². The number of esters is 2. The van der Waals surface area contributed by atoms with Crippen molar-refractivity contribution in [1.82, 2.24) is 0 Å². The van der Waals surface area contributed by atoms with E-state index in [1.165, 1.54) is 96.3 Å². The number of unbranched alkanes of at least 4 members (excludes halogenated alkanes) is 20. The van der Waals surface area contributed by atoms with Gasteiger partial charge < -0.3 is 28.6 Å². The molecule has 0 fully saturated rings. The summed E-state index contributed by atoms with van der Waals surface area (Å²) in [6.07, 6.45) is 64.7. The molecule has 0 heterocycles. The molecule has 0 aliphatic carbocycles. The van der Waals surface area contributed by atoms with Crippen LogP contribution in [-0.4, -0.2) is 75.5 Å². The third-order valence-electron chi connectivity index (χ3n) is 11.8. The van der Waals surface area contributed by atoms with Crippen molar-refractivity contribution >= 4 is 17.9 Å². The van der Waals surface area contributed by atoms with Crippen molar-refractivity contribution in [3.05, 3.63) is 85.1 Å². The van der Waals surface area contributed by atoms with Gasteiger partial charge in [0.15, 0.2) is 6.10 Å². The van der Waals surface area contributed by atoms with E-state index < -0.39 is 18.1 Å². The lowest BCUT2D eigenvalue weighted by Gasteiger charge is -2.34. The summed E-state index contributed by atoms with van der Waals surface area (Å²) in [6, 6.07) is -0.732. The molecule has 0 N–H and O–H groups in total. The molecule has 0 amide bonds. The van der Waals surface area contributed by atoms with Crippen molar-refractivity contribution < 1.29 is 38.2 Å². The zero-order valence-electron chi connectivity index (χ0n) is 43.8. The van der Waals surface area contributed by atoms with Crippen LogP contribution in [0.25, 0.3) is 0 Å². The van der Waals surface area contributed by atoms with Gasteiger partial charge in [-0.15, -0.1) is 0 Å². The Morgan fingerprint density at radius 1 is 0.448 bits per heavy atom. The van der Waals surface area contributed by atoms with E-state index in [4.69, 9.17) is 14.2 Å². The maximum absolute atomic E-state index is 12.8. The van der Waals surface area contributed by atoms with Crippen LogP contribution in [-0.2, 0) is 28.6 Å². The van der Waals surface area contributed by atoms with Gasteiger partial charge in [0.1, 0.15) is 12.6 Å². The monoisotopic (exact) mass is 936 g/mol. The molecule has 0 aliphatic rings. The number of likely N-dealkylation sites (N-methyl/N-ethyl adjacent to an activating group) is 1. The molecule has 0 radical (unpaired) electrons. The number of quaternary nitrogens is 1. The highest BCUT2D eigenvalue weighted by molar-refractivity contribution is 5.70. The minimum Gasteiger partial charge on any atom is -0.544 e. The quantitative estimate of drug-likeness (QED) is 0.0259. The zero-order valence-corrected chi connectivity index (χ0v) is 43.8. The van der Waals surface area contributed by atoms with Crippen molar-refractivity contribution in [2.75, 3.05) is 41.0 Å². The molecular weight excluding hydrogens is 835 g/mol. The van der Waals surface area contributed by atoms with E-state index in [1.807, 2.05) is 0 Å². The number of ether oxygens (including phenoxy) is 3. The summed E-state index contributed by atoms with van der Waals surface area (Å²) in [4.78, 5) is 37.1. The van der Waals surface area contributed by atoms with E-state index in [2.05, 4.69) is 98.9 Å². The van der Waals surface area contributed by atoms with E-state index >= 15 is 0 Å². The van der Waals surface area contributed by atoms with E-state index in [-0.39, 0.29) is 42.7 Å². The molecule has 0 saturated heterocycles. The van der Waals surface area contributed by atoms with Gasteiger partial charge in [0, 0.05) is 19.3 Å². The molecule has 8 nitrogen and oxygen atoms in total. The maximum Gasteiger partial charge on any atom is 0.306 e. The average molecular weight is 936 g/mol. The third-order valence-corrected chi connectivity index (χ3v) is 11.8. The molecule has 2 atom stereocenters. The average Bonchev–Trinajstić information content (AvgIpc) is 3.29. The minimum atomic E-state index is -1.13. The molecule has 0 saturated carbocycles. The summed E-state index contributed by atoms with van der Waals surface area (Å²) < 4.78 is 17.3. The molecule has 384 valence electrons. The van der Waals surface area contributed by atoms with Crippen LogP contribution in [0.3, 0.4) is 0 Å². The molecule has 8 heteroatoms. The van der Waals surface area contributed by atoms with Crippen LogP contribution in [0.5, 0.6) is 0 Å². The van der Waals surface area contributed by atoms with Gasteiger partial charge in [0.25, 0.3) is 0 Å². The largest absolute Gasteiger partial charge is 0.544 e. The smallest absolute Gasteiger partial charge is 0.306 e. The van der Waals surface area contributed by atoms with Gasteiger partial charge in [-0.3, -0.25) is 9.59 Å². The fourth-order valence-corrected chi connectivity index (χ4v) is 7.67. The van der Waals surface area contributed by atoms with Crippen LogP contribution in [0.2, 0.25) is 0 Å². The van der Waals surface area contributed by atoms with Gasteiger partial charge in [-0.1, -0.05) is 202 Å².